The minimum absolute atomic E-state index is 0.0945. The normalized spacial score (nSPS) is 19.2. The van der Waals surface area contributed by atoms with Gasteiger partial charge in [0.1, 0.15) is 11.5 Å². The number of rotatable bonds is 8. The number of halogens is 3. The predicted molar refractivity (Wildman–Crippen MR) is 121 cm³/mol. The summed E-state index contributed by atoms with van der Waals surface area (Å²) in [5.41, 5.74) is 0.366. The van der Waals surface area contributed by atoms with Gasteiger partial charge < -0.3 is 4.74 Å². The summed E-state index contributed by atoms with van der Waals surface area (Å²) in [4.78, 5) is 8.11. The maximum absolute atomic E-state index is 13.6. The number of hydrogen-bond acceptors (Lipinski definition) is 6. The molecule has 174 valence electrons. The molecule has 0 N–H and O–H groups in total. The number of thiazole rings is 1. The van der Waals surface area contributed by atoms with Gasteiger partial charge in [0.15, 0.2) is 0 Å². The van der Waals surface area contributed by atoms with E-state index in [1.807, 2.05) is 30.5 Å². The van der Waals surface area contributed by atoms with E-state index in [4.69, 9.17) is 4.74 Å². The van der Waals surface area contributed by atoms with E-state index in [0.717, 1.165) is 36.8 Å². The fourth-order valence-corrected chi connectivity index (χ4v) is 6.42. The number of unbranched alkanes of at least 4 members (excludes halogenated alkanes) is 1. The van der Waals surface area contributed by atoms with Gasteiger partial charge >= 0.3 is 6.18 Å². The van der Waals surface area contributed by atoms with E-state index in [1.54, 1.807) is 13.4 Å². The average Bonchev–Trinajstić information content (AvgIpc) is 3.21. The fourth-order valence-electron chi connectivity index (χ4n) is 3.47. The van der Waals surface area contributed by atoms with E-state index in [1.165, 1.54) is 23.6 Å². The summed E-state index contributed by atoms with van der Waals surface area (Å²) in [6, 6.07) is 2.29. The first-order valence-corrected chi connectivity index (χ1v) is 13.1. The molecule has 0 saturated carbocycles. The molecular weight excluding hydrogens is 459 g/mol. The molecule has 0 fully saturated rings. The molecule has 0 radical (unpaired) electrons. The molecule has 0 aromatic carbocycles. The van der Waals surface area contributed by atoms with Crippen molar-refractivity contribution in [2.24, 2.45) is 4.36 Å². The monoisotopic (exact) mass is 485 g/mol. The van der Waals surface area contributed by atoms with Crippen LogP contribution >= 0.6 is 11.3 Å². The summed E-state index contributed by atoms with van der Waals surface area (Å²) in [6.07, 6.45) is 7.02. The summed E-state index contributed by atoms with van der Waals surface area (Å²) in [5.74, 6) is 0.902. The Morgan fingerprint density at radius 3 is 2.72 bits per heavy atom. The third-order valence-corrected chi connectivity index (χ3v) is 8.21. The quantitative estimate of drug-likeness (QED) is 0.413. The van der Waals surface area contributed by atoms with Crippen LogP contribution in [0.25, 0.3) is 0 Å². The second kappa shape index (κ2) is 10.2. The van der Waals surface area contributed by atoms with Crippen LogP contribution in [0.3, 0.4) is 0 Å². The first-order valence-electron chi connectivity index (χ1n) is 10.3. The van der Waals surface area contributed by atoms with E-state index < -0.39 is 26.8 Å². The SMILES string of the molecule is CCCCC(c1ccc(C(F)(F)F)nc1)S(C)(=O)=Nc1nc(C2C=CC(OC)=CC2)cs1. The number of aromatic nitrogens is 2. The van der Waals surface area contributed by atoms with Crippen LogP contribution in [0.4, 0.5) is 18.3 Å². The van der Waals surface area contributed by atoms with Crippen LogP contribution < -0.4 is 0 Å². The zero-order chi connectivity index (χ0) is 23.4. The first kappa shape index (κ1) is 24.4. The van der Waals surface area contributed by atoms with Crippen molar-refractivity contribution in [3.63, 3.8) is 0 Å². The number of pyridine rings is 1. The lowest BCUT2D eigenvalue weighted by molar-refractivity contribution is -0.141. The average molecular weight is 486 g/mol. The highest BCUT2D eigenvalue weighted by Crippen LogP contribution is 2.35. The van der Waals surface area contributed by atoms with Gasteiger partial charge in [-0.3, -0.25) is 4.98 Å². The Hall–Kier alpha value is -2.20. The van der Waals surface area contributed by atoms with E-state index in [0.29, 0.717) is 17.1 Å². The Kier molecular flexibility index (Phi) is 7.76. The van der Waals surface area contributed by atoms with Crippen LogP contribution in [-0.2, 0) is 20.6 Å². The minimum Gasteiger partial charge on any atom is -0.497 e. The Balaban J connectivity index is 1.87. The van der Waals surface area contributed by atoms with Gasteiger partial charge in [-0.1, -0.05) is 31.9 Å². The molecular formula is C22H26F3N3O2S2. The molecule has 2 heterocycles. The molecule has 0 aliphatic heterocycles. The molecule has 3 atom stereocenters. The highest BCUT2D eigenvalue weighted by atomic mass is 32.2. The van der Waals surface area contributed by atoms with Crippen molar-refractivity contribution in [1.82, 2.24) is 9.97 Å². The number of nitrogens with zero attached hydrogens (tertiary/aromatic N) is 3. The molecule has 3 rings (SSSR count). The summed E-state index contributed by atoms with van der Waals surface area (Å²) < 4.78 is 61.9. The predicted octanol–water partition coefficient (Wildman–Crippen LogP) is 6.79. The number of hydrogen-bond donors (Lipinski definition) is 0. The van der Waals surface area contributed by atoms with Gasteiger partial charge in [-0.2, -0.15) is 17.5 Å². The molecule has 1 aliphatic carbocycles. The van der Waals surface area contributed by atoms with E-state index in [2.05, 4.69) is 14.3 Å². The Morgan fingerprint density at radius 2 is 2.16 bits per heavy atom. The zero-order valence-electron chi connectivity index (χ0n) is 18.1. The summed E-state index contributed by atoms with van der Waals surface area (Å²) in [7, 11) is -1.21. The van der Waals surface area contributed by atoms with Crippen LogP contribution in [0, 0.1) is 0 Å². The second-order valence-corrected chi connectivity index (χ2v) is 10.9. The van der Waals surface area contributed by atoms with Crippen LogP contribution in [0.15, 0.2) is 52.1 Å². The van der Waals surface area contributed by atoms with Crippen molar-refractivity contribution < 1.29 is 22.1 Å². The Labute approximate surface area is 190 Å². The van der Waals surface area contributed by atoms with Gasteiger partial charge in [0, 0.05) is 23.8 Å². The van der Waals surface area contributed by atoms with Gasteiger partial charge in [0.25, 0.3) is 0 Å². The molecule has 3 unspecified atom stereocenters. The van der Waals surface area contributed by atoms with Crippen molar-refractivity contribution in [3.8, 4) is 0 Å². The number of alkyl halides is 3. The van der Waals surface area contributed by atoms with Crippen molar-refractivity contribution >= 4 is 26.2 Å². The molecule has 32 heavy (non-hydrogen) atoms. The summed E-state index contributed by atoms with van der Waals surface area (Å²) in [5, 5.41) is 1.77. The molecule has 0 saturated heterocycles. The van der Waals surface area contributed by atoms with Gasteiger partial charge in [-0.15, -0.1) is 11.3 Å². The zero-order valence-corrected chi connectivity index (χ0v) is 19.8. The molecule has 0 spiro atoms. The van der Waals surface area contributed by atoms with Gasteiger partial charge in [-0.25, -0.2) is 9.19 Å². The summed E-state index contributed by atoms with van der Waals surface area (Å²) >= 11 is 1.31. The maximum Gasteiger partial charge on any atom is 0.433 e. The van der Waals surface area contributed by atoms with E-state index in [-0.39, 0.29) is 5.92 Å². The third-order valence-electron chi connectivity index (χ3n) is 5.25. The lowest BCUT2D eigenvalue weighted by atomic mass is 9.97. The van der Waals surface area contributed by atoms with Crippen LogP contribution in [0.2, 0.25) is 0 Å². The van der Waals surface area contributed by atoms with E-state index >= 15 is 0 Å². The molecule has 2 aromatic rings. The minimum atomic E-state index is -4.51. The second-order valence-electron chi connectivity index (χ2n) is 7.62. The van der Waals surface area contributed by atoms with Gasteiger partial charge in [0.05, 0.1) is 27.8 Å². The first-order chi connectivity index (χ1) is 15.1. The van der Waals surface area contributed by atoms with Crippen LogP contribution in [0.1, 0.15) is 60.7 Å². The number of allylic oxidation sites excluding steroid dienone is 3. The van der Waals surface area contributed by atoms with Crippen LogP contribution in [0.5, 0.6) is 0 Å². The number of ether oxygens (including phenoxy) is 1. The fraction of sp³-hybridized carbons (Fsp3) is 0.455. The third kappa shape index (κ3) is 5.98. The topological polar surface area (TPSA) is 64.4 Å². The molecule has 0 bridgehead atoms. The van der Waals surface area contributed by atoms with Gasteiger partial charge in [-0.05, 0) is 36.6 Å². The maximum atomic E-state index is 13.6. The lowest BCUT2D eigenvalue weighted by Gasteiger charge is -2.19. The molecule has 5 nitrogen and oxygen atoms in total. The van der Waals surface area contributed by atoms with E-state index in [9.17, 15) is 17.4 Å². The van der Waals surface area contributed by atoms with Crippen molar-refractivity contribution in [2.75, 3.05) is 13.4 Å². The molecule has 1 aliphatic rings. The highest BCUT2D eigenvalue weighted by Gasteiger charge is 2.33. The molecule has 0 amide bonds. The standard InChI is InChI=1S/C22H26F3N3O2S2/c1-4-5-6-19(16-9-12-20(26-13-16)22(23,24)25)32(3,29)28-21-27-18(14-31-21)15-7-10-17(30-2)11-8-15/h7,9-15,19H,4-6,8H2,1-3H3. The lowest BCUT2D eigenvalue weighted by Crippen LogP contribution is -2.14. The van der Waals surface area contributed by atoms with Gasteiger partial charge in [0.2, 0.25) is 5.13 Å². The Bertz CT molecular complexity index is 1100. The van der Waals surface area contributed by atoms with Crippen molar-refractivity contribution in [1.29, 1.82) is 0 Å². The van der Waals surface area contributed by atoms with Crippen molar-refractivity contribution in [2.45, 2.75) is 50.0 Å². The largest absolute Gasteiger partial charge is 0.497 e. The smallest absolute Gasteiger partial charge is 0.433 e. The number of methoxy groups -OCH3 is 1. The highest BCUT2D eigenvalue weighted by molar-refractivity contribution is 7.93. The van der Waals surface area contributed by atoms with Crippen molar-refractivity contribution in [3.05, 3.63) is 64.6 Å². The van der Waals surface area contributed by atoms with Crippen LogP contribution in [-0.4, -0.2) is 27.5 Å². The molecule has 10 heteroatoms. The molecule has 2 aromatic heterocycles. The summed E-state index contributed by atoms with van der Waals surface area (Å²) in [6.45, 7) is 2.00. The Morgan fingerprint density at radius 1 is 1.38 bits per heavy atom.